The molecule has 0 saturated carbocycles. The van der Waals surface area contributed by atoms with E-state index < -0.39 is 5.60 Å². The molecule has 1 aromatic rings. The van der Waals surface area contributed by atoms with E-state index in [-0.39, 0.29) is 49.0 Å². The SMILES string of the molecule is C[C@@H]1CN(C(=O)CN2CC[C@@]3(CCC2=O)CC(=O)c2cc(Cl)ccc2O3)CC[C@@H]1O. The van der Waals surface area contributed by atoms with Gasteiger partial charge in [-0.3, -0.25) is 14.4 Å². The Morgan fingerprint density at radius 3 is 2.87 bits per heavy atom. The van der Waals surface area contributed by atoms with Crippen LogP contribution in [0.15, 0.2) is 18.2 Å². The average Bonchev–Trinajstić information content (AvgIpc) is 2.85. The number of Topliss-reactive ketones (excluding diaryl/α,β-unsaturated/α-hetero) is 1. The van der Waals surface area contributed by atoms with Crippen molar-refractivity contribution < 1.29 is 24.2 Å². The van der Waals surface area contributed by atoms with Gasteiger partial charge in [0, 0.05) is 37.5 Å². The summed E-state index contributed by atoms with van der Waals surface area (Å²) in [7, 11) is 0. The third-order valence-corrected chi connectivity index (χ3v) is 6.81. The molecule has 4 rings (SSSR count). The zero-order valence-corrected chi connectivity index (χ0v) is 17.9. The number of carbonyl (C=O) groups is 3. The Morgan fingerprint density at radius 1 is 1.30 bits per heavy atom. The largest absolute Gasteiger partial charge is 0.486 e. The van der Waals surface area contributed by atoms with Crippen LogP contribution in [-0.2, 0) is 9.59 Å². The predicted octanol–water partition coefficient (Wildman–Crippen LogP) is 2.29. The lowest BCUT2D eigenvalue weighted by Gasteiger charge is -2.37. The Bertz CT molecular complexity index is 875. The normalized spacial score (nSPS) is 29.4. The van der Waals surface area contributed by atoms with Crippen LogP contribution in [0, 0.1) is 5.92 Å². The Kier molecular flexibility index (Phi) is 5.77. The van der Waals surface area contributed by atoms with Gasteiger partial charge in [-0.1, -0.05) is 18.5 Å². The van der Waals surface area contributed by atoms with Crippen LogP contribution < -0.4 is 4.74 Å². The van der Waals surface area contributed by atoms with E-state index in [0.29, 0.717) is 55.2 Å². The maximum absolute atomic E-state index is 12.7. The lowest BCUT2D eigenvalue weighted by atomic mass is 9.84. The molecule has 0 bridgehead atoms. The molecule has 1 N–H and O–H groups in total. The number of fused-ring (bicyclic) bond motifs is 1. The molecular weight excluding hydrogens is 408 g/mol. The molecule has 0 aromatic heterocycles. The number of nitrogens with zero attached hydrogens (tertiary/aromatic N) is 2. The summed E-state index contributed by atoms with van der Waals surface area (Å²) < 4.78 is 6.23. The molecule has 0 unspecified atom stereocenters. The van der Waals surface area contributed by atoms with E-state index >= 15 is 0 Å². The third kappa shape index (κ3) is 4.18. The molecule has 1 spiro atoms. The van der Waals surface area contributed by atoms with E-state index in [4.69, 9.17) is 16.3 Å². The standard InChI is InChI=1S/C22H27ClN2O5/c1-14-12-24(8-5-17(14)26)21(29)13-25-9-7-22(6-4-20(25)28)11-18(27)16-10-15(23)2-3-19(16)30-22/h2-3,10,14,17,26H,4-9,11-13H2,1H3/t14-,17+,22+/m1/s1. The van der Waals surface area contributed by atoms with Gasteiger partial charge in [-0.2, -0.15) is 0 Å². The van der Waals surface area contributed by atoms with Crippen LogP contribution in [0.4, 0.5) is 0 Å². The van der Waals surface area contributed by atoms with Crippen LogP contribution >= 0.6 is 11.6 Å². The fraction of sp³-hybridized carbons (Fsp3) is 0.591. The molecule has 3 heterocycles. The van der Waals surface area contributed by atoms with Crippen molar-refractivity contribution in [3.8, 4) is 5.75 Å². The van der Waals surface area contributed by atoms with Gasteiger partial charge in [-0.05, 0) is 37.0 Å². The molecule has 0 radical (unpaired) electrons. The van der Waals surface area contributed by atoms with E-state index in [1.54, 1.807) is 28.0 Å². The predicted molar refractivity (Wildman–Crippen MR) is 111 cm³/mol. The number of aliphatic hydroxyl groups is 1. The van der Waals surface area contributed by atoms with Gasteiger partial charge in [0.05, 0.1) is 24.6 Å². The molecule has 3 aliphatic heterocycles. The van der Waals surface area contributed by atoms with Gasteiger partial charge in [0.2, 0.25) is 11.8 Å². The van der Waals surface area contributed by atoms with Crippen LogP contribution in [-0.4, -0.2) is 70.4 Å². The average molecular weight is 435 g/mol. The van der Waals surface area contributed by atoms with Crippen LogP contribution in [0.2, 0.25) is 5.02 Å². The quantitative estimate of drug-likeness (QED) is 0.771. The summed E-state index contributed by atoms with van der Waals surface area (Å²) in [6, 6.07) is 5.02. The number of amides is 2. The fourth-order valence-electron chi connectivity index (χ4n) is 4.62. The maximum Gasteiger partial charge on any atom is 0.242 e. The summed E-state index contributed by atoms with van der Waals surface area (Å²) in [5.74, 6) is 0.313. The van der Waals surface area contributed by atoms with Crippen molar-refractivity contribution in [2.24, 2.45) is 5.92 Å². The van der Waals surface area contributed by atoms with Crippen molar-refractivity contribution in [1.82, 2.24) is 9.80 Å². The number of ketones is 1. The number of aliphatic hydroxyl groups excluding tert-OH is 1. The molecule has 3 aliphatic rings. The van der Waals surface area contributed by atoms with Crippen molar-refractivity contribution in [1.29, 1.82) is 0 Å². The molecule has 7 nitrogen and oxygen atoms in total. The van der Waals surface area contributed by atoms with E-state index in [9.17, 15) is 19.5 Å². The monoisotopic (exact) mass is 434 g/mol. The number of carbonyl (C=O) groups excluding carboxylic acids is 3. The summed E-state index contributed by atoms with van der Waals surface area (Å²) in [5.41, 5.74) is -0.244. The van der Waals surface area contributed by atoms with E-state index in [0.717, 1.165) is 0 Å². The molecule has 3 atom stereocenters. The highest BCUT2D eigenvalue weighted by Gasteiger charge is 2.43. The summed E-state index contributed by atoms with van der Waals surface area (Å²) in [6.45, 7) is 3.33. The van der Waals surface area contributed by atoms with Crippen molar-refractivity contribution in [2.75, 3.05) is 26.2 Å². The summed E-state index contributed by atoms with van der Waals surface area (Å²) in [5, 5.41) is 10.4. The molecule has 2 fully saturated rings. The molecular formula is C22H27ClN2O5. The summed E-state index contributed by atoms with van der Waals surface area (Å²) in [4.78, 5) is 41.5. The Morgan fingerprint density at radius 2 is 2.10 bits per heavy atom. The van der Waals surface area contributed by atoms with Gasteiger partial charge in [0.15, 0.2) is 5.78 Å². The lowest BCUT2D eigenvalue weighted by molar-refractivity contribution is -0.142. The van der Waals surface area contributed by atoms with Gasteiger partial charge in [-0.15, -0.1) is 0 Å². The van der Waals surface area contributed by atoms with Gasteiger partial charge in [-0.25, -0.2) is 0 Å². The molecule has 2 saturated heterocycles. The fourth-order valence-corrected chi connectivity index (χ4v) is 4.79. The van der Waals surface area contributed by atoms with Gasteiger partial charge in [0.1, 0.15) is 11.4 Å². The van der Waals surface area contributed by atoms with E-state index in [1.165, 1.54) is 0 Å². The van der Waals surface area contributed by atoms with Crippen molar-refractivity contribution in [2.45, 2.75) is 50.7 Å². The first-order valence-corrected chi connectivity index (χ1v) is 10.9. The number of likely N-dealkylation sites (tertiary alicyclic amines) is 2. The molecule has 1 aromatic carbocycles. The Hall–Kier alpha value is -2.12. The first kappa shape index (κ1) is 21.1. The number of ether oxygens (including phenoxy) is 1. The third-order valence-electron chi connectivity index (χ3n) is 6.57. The molecule has 8 heteroatoms. The number of benzene rings is 1. The maximum atomic E-state index is 12.7. The van der Waals surface area contributed by atoms with Crippen LogP contribution in [0.5, 0.6) is 5.75 Å². The Balaban J connectivity index is 1.43. The second-order valence-corrected chi connectivity index (χ2v) is 9.20. The zero-order chi connectivity index (χ0) is 21.5. The van der Waals surface area contributed by atoms with Crippen molar-refractivity contribution in [3.05, 3.63) is 28.8 Å². The first-order chi connectivity index (χ1) is 14.3. The highest BCUT2D eigenvalue weighted by Crippen LogP contribution is 2.40. The highest BCUT2D eigenvalue weighted by atomic mass is 35.5. The number of hydrogen-bond acceptors (Lipinski definition) is 5. The molecule has 162 valence electrons. The summed E-state index contributed by atoms with van der Waals surface area (Å²) in [6.07, 6.45) is 1.55. The van der Waals surface area contributed by atoms with Gasteiger partial charge < -0.3 is 19.6 Å². The number of rotatable bonds is 2. The van der Waals surface area contributed by atoms with Gasteiger partial charge >= 0.3 is 0 Å². The minimum absolute atomic E-state index is 0.0257. The van der Waals surface area contributed by atoms with Crippen molar-refractivity contribution in [3.63, 3.8) is 0 Å². The van der Waals surface area contributed by atoms with Crippen LogP contribution in [0.3, 0.4) is 0 Å². The van der Waals surface area contributed by atoms with Gasteiger partial charge in [0.25, 0.3) is 0 Å². The molecule has 0 aliphatic carbocycles. The number of piperidine rings is 1. The topological polar surface area (TPSA) is 87.2 Å². The second kappa shape index (κ2) is 8.19. The van der Waals surface area contributed by atoms with E-state index in [1.807, 2.05) is 6.92 Å². The Labute approximate surface area is 180 Å². The molecule has 30 heavy (non-hydrogen) atoms. The van der Waals surface area contributed by atoms with Crippen LogP contribution in [0.1, 0.15) is 49.4 Å². The lowest BCUT2D eigenvalue weighted by Crippen LogP contribution is -2.49. The second-order valence-electron chi connectivity index (χ2n) is 8.76. The minimum Gasteiger partial charge on any atom is -0.486 e. The number of halogens is 1. The summed E-state index contributed by atoms with van der Waals surface area (Å²) >= 11 is 6.00. The smallest absolute Gasteiger partial charge is 0.242 e. The van der Waals surface area contributed by atoms with Crippen molar-refractivity contribution >= 4 is 29.2 Å². The minimum atomic E-state index is -0.727. The highest BCUT2D eigenvalue weighted by molar-refractivity contribution is 6.31. The van der Waals surface area contributed by atoms with E-state index in [2.05, 4.69) is 0 Å². The van der Waals surface area contributed by atoms with Crippen LogP contribution in [0.25, 0.3) is 0 Å². The number of hydrogen-bond donors (Lipinski definition) is 1. The zero-order valence-electron chi connectivity index (χ0n) is 17.1. The first-order valence-electron chi connectivity index (χ1n) is 10.5. The molecule has 2 amide bonds.